The Kier molecular flexibility index (Phi) is 9.58. The summed E-state index contributed by atoms with van der Waals surface area (Å²) in [5.41, 5.74) is 5.41. The number of nitrogens with zero attached hydrogens (tertiary/aromatic N) is 5. The van der Waals surface area contributed by atoms with E-state index < -0.39 is 11.0 Å². The van der Waals surface area contributed by atoms with Crippen LogP contribution in [0.4, 0.5) is 40.2 Å². The molecule has 230 valence electrons. The number of fused-ring (bicyclic) bond motifs is 1. The fourth-order valence-corrected chi connectivity index (χ4v) is 6.60. The van der Waals surface area contributed by atoms with E-state index in [1.54, 1.807) is 29.0 Å². The van der Waals surface area contributed by atoms with Crippen LogP contribution in [-0.2, 0) is 11.0 Å². The lowest BCUT2D eigenvalue weighted by Crippen LogP contribution is -2.42. The van der Waals surface area contributed by atoms with E-state index in [9.17, 15) is 4.21 Å². The molecule has 1 aliphatic heterocycles. The van der Waals surface area contributed by atoms with E-state index in [0.717, 1.165) is 70.3 Å². The van der Waals surface area contributed by atoms with Gasteiger partial charge in [0.05, 0.1) is 45.8 Å². The van der Waals surface area contributed by atoms with E-state index in [4.69, 9.17) is 14.7 Å². The molecule has 1 aliphatic rings. The van der Waals surface area contributed by atoms with Crippen molar-refractivity contribution >= 4 is 72.7 Å². The van der Waals surface area contributed by atoms with E-state index >= 15 is 0 Å². The van der Waals surface area contributed by atoms with Gasteiger partial charge in [0.2, 0.25) is 5.95 Å². The Labute approximate surface area is 261 Å². The molecule has 0 bridgehead atoms. The molecule has 4 aromatic rings. The van der Waals surface area contributed by atoms with Crippen LogP contribution >= 0.6 is 11.3 Å². The summed E-state index contributed by atoms with van der Waals surface area (Å²) in [4.78, 5) is 14.5. The first kappa shape index (κ1) is 30.8. The third-order valence-electron chi connectivity index (χ3n) is 7.73. The number of aromatic nitrogens is 2. The summed E-state index contributed by atoms with van der Waals surface area (Å²) in [5, 5.41) is 12.6. The zero-order valence-electron chi connectivity index (χ0n) is 26.0. The maximum absolute atomic E-state index is 12.3. The van der Waals surface area contributed by atoms with E-state index in [2.05, 4.69) is 65.8 Å². The molecule has 1 fully saturated rings. The Bertz CT molecular complexity index is 1580. The molecule has 1 atom stereocenters. The van der Waals surface area contributed by atoms with Crippen molar-refractivity contribution < 1.29 is 8.95 Å². The quantitative estimate of drug-likeness (QED) is 0.179. The van der Waals surface area contributed by atoms with Crippen LogP contribution in [0.2, 0.25) is 0 Å². The Morgan fingerprint density at radius 2 is 1.77 bits per heavy atom. The van der Waals surface area contributed by atoms with Gasteiger partial charge in [0.25, 0.3) is 0 Å². The Morgan fingerprint density at radius 3 is 2.44 bits per heavy atom. The molecule has 0 spiro atoms. The molecule has 2 aromatic heterocycles. The molecule has 3 heterocycles. The van der Waals surface area contributed by atoms with Gasteiger partial charge >= 0.3 is 0 Å². The molecule has 10 nitrogen and oxygen atoms in total. The van der Waals surface area contributed by atoms with E-state index in [1.165, 1.54) is 0 Å². The third-order valence-corrected chi connectivity index (χ3v) is 9.61. The average molecular weight is 623 g/mol. The third kappa shape index (κ3) is 6.97. The topological polar surface area (TPSA) is 97.9 Å². The van der Waals surface area contributed by atoms with Gasteiger partial charge in [-0.15, -0.1) is 11.3 Å². The monoisotopic (exact) mass is 622 g/mol. The van der Waals surface area contributed by atoms with Crippen LogP contribution in [0.5, 0.6) is 5.75 Å². The lowest BCUT2D eigenvalue weighted by molar-refractivity contribution is 0.249. The molecule has 5 rings (SSSR count). The first-order chi connectivity index (χ1) is 20.6. The molecule has 0 aliphatic carbocycles. The van der Waals surface area contributed by atoms with Gasteiger partial charge in [0, 0.05) is 44.5 Å². The lowest BCUT2D eigenvalue weighted by Gasteiger charge is -2.37. The highest BCUT2D eigenvalue weighted by atomic mass is 32.2. The van der Waals surface area contributed by atoms with Gasteiger partial charge in [-0.3, -0.25) is 4.31 Å². The molecule has 43 heavy (non-hydrogen) atoms. The van der Waals surface area contributed by atoms with E-state index in [0.29, 0.717) is 17.8 Å². The number of hydrogen-bond donors (Lipinski definition) is 3. The predicted octanol–water partition coefficient (Wildman–Crippen LogP) is 6.27. The van der Waals surface area contributed by atoms with Crippen LogP contribution < -0.4 is 29.9 Å². The summed E-state index contributed by atoms with van der Waals surface area (Å²) < 4.78 is 20.8. The summed E-state index contributed by atoms with van der Waals surface area (Å²) in [6.07, 6.45) is 3.90. The highest BCUT2D eigenvalue weighted by Crippen LogP contribution is 2.40. The maximum atomic E-state index is 12.3. The number of para-hydroxylation sites is 2. The van der Waals surface area contributed by atoms with Crippen molar-refractivity contribution in [2.75, 3.05) is 72.8 Å². The molecule has 3 N–H and O–H groups in total. The summed E-state index contributed by atoms with van der Waals surface area (Å²) in [6.45, 7) is 6.27. The standard InChI is InChI=1S/C31H42N8O2S2/c1-20(2)32-24-18-25(28(41-6)19-27(24)39-15-12-21(13-16-39)37(3)4)35-31-34-23-14-17-42-29(23)30(36-31)33-22-10-8-9-11-26(22)38(5)43(7)40/h8-11,14,17-21,32H,12-13,15-16H2,1-7H3,(H2,33,34,35,36). The average Bonchev–Trinajstić information content (AvgIpc) is 3.46. The number of thiophene rings is 1. The number of rotatable bonds is 11. The predicted molar refractivity (Wildman–Crippen MR) is 184 cm³/mol. The largest absolute Gasteiger partial charge is 0.494 e. The molecule has 1 unspecified atom stereocenters. The van der Waals surface area contributed by atoms with Crippen LogP contribution in [0.15, 0.2) is 47.8 Å². The number of piperidine rings is 1. The summed E-state index contributed by atoms with van der Waals surface area (Å²) in [7, 11) is 6.66. The van der Waals surface area contributed by atoms with Crippen LogP contribution in [0.1, 0.15) is 26.7 Å². The number of methoxy groups -OCH3 is 1. The molecule has 0 radical (unpaired) electrons. The summed E-state index contributed by atoms with van der Waals surface area (Å²) in [6, 6.07) is 14.8. The Hall–Kier alpha value is -3.61. The second kappa shape index (κ2) is 13.4. The SMILES string of the molecule is COc1cc(N2CCC(N(C)C)CC2)c(NC(C)C)cc1Nc1nc(Nc2ccccc2N(C)S(C)=O)c2sccc2n1. The van der Waals surface area contributed by atoms with Crippen molar-refractivity contribution in [2.24, 2.45) is 0 Å². The summed E-state index contributed by atoms with van der Waals surface area (Å²) in [5.74, 6) is 1.84. The zero-order valence-corrected chi connectivity index (χ0v) is 27.6. The van der Waals surface area contributed by atoms with Crippen molar-refractivity contribution in [3.05, 3.63) is 47.8 Å². The van der Waals surface area contributed by atoms with Crippen molar-refractivity contribution in [3.8, 4) is 5.75 Å². The minimum absolute atomic E-state index is 0.254. The second-order valence-corrected chi connectivity index (χ2v) is 13.6. The van der Waals surface area contributed by atoms with E-state index in [1.807, 2.05) is 42.8 Å². The molecule has 0 saturated carbocycles. The van der Waals surface area contributed by atoms with Gasteiger partial charge < -0.3 is 30.5 Å². The second-order valence-electron chi connectivity index (χ2n) is 11.3. The van der Waals surface area contributed by atoms with Crippen molar-refractivity contribution in [1.29, 1.82) is 0 Å². The molecule has 0 amide bonds. The first-order valence-corrected chi connectivity index (χ1v) is 16.9. The van der Waals surface area contributed by atoms with Gasteiger partial charge in [-0.25, -0.2) is 9.19 Å². The minimum Gasteiger partial charge on any atom is -0.494 e. The van der Waals surface area contributed by atoms with Crippen LogP contribution in [-0.4, -0.2) is 78.8 Å². The molecular weight excluding hydrogens is 581 g/mol. The Morgan fingerprint density at radius 1 is 1.02 bits per heavy atom. The maximum Gasteiger partial charge on any atom is 0.229 e. The number of ether oxygens (including phenoxy) is 1. The minimum atomic E-state index is -1.17. The normalized spacial score (nSPS) is 14.8. The molecular formula is C31H42N8O2S2. The summed E-state index contributed by atoms with van der Waals surface area (Å²) >= 11 is 1.57. The molecule has 2 aromatic carbocycles. The Balaban J connectivity index is 1.49. The van der Waals surface area contributed by atoms with Gasteiger partial charge in [-0.05, 0) is 70.4 Å². The van der Waals surface area contributed by atoms with Gasteiger partial charge in [0.15, 0.2) is 5.82 Å². The van der Waals surface area contributed by atoms with Crippen molar-refractivity contribution in [2.45, 2.75) is 38.8 Å². The number of hydrogen-bond acceptors (Lipinski definition) is 10. The number of nitrogens with one attached hydrogen (secondary N) is 3. The smallest absolute Gasteiger partial charge is 0.229 e. The zero-order chi connectivity index (χ0) is 30.7. The first-order valence-electron chi connectivity index (χ1n) is 14.5. The lowest BCUT2D eigenvalue weighted by atomic mass is 10.0. The van der Waals surface area contributed by atoms with Crippen LogP contribution in [0, 0.1) is 0 Å². The van der Waals surface area contributed by atoms with Gasteiger partial charge in [-0.2, -0.15) is 4.98 Å². The van der Waals surface area contributed by atoms with Gasteiger partial charge in [-0.1, -0.05) is 12.1 Å². The fraction of sp³-hybridized carbons (Fsp3) is 0.419. The highest BCUT2D eigenvalue weighted by molar-refractivity contribution is 7.85. The number of benzene rings is 2. The highest BCUT2D eigenvalue weighted by Gasteiger charge is 2.24. The fourth-order valence-electron chi connectivity index (χ4n) is 5.39. The van der Waals surface area contributed by atoms with Crippen LogP contribution in [0.3, 0.4) is 0 Å². The number of anilines is 7. The van der Waals surface area contributed by atoms with Crippen molar-refractivity contribution in [1.82, 2.24) is 14.9 Å². The molecule has 1 saturated heterocycles. The molecule has 12 heteroatoms. The van der Waals surface area contributed by atoms with E-state index in [-0.39, 0.29) is 6.04 Å². The van der Waals surface area contributed by atoms with Gasteiger partial charge in [0.1, 0.15) is 16.7 Å². The van der Waals surface area contributed by atoms with Crippen molar-refractivity contribution in [3.63, 3.8) is 0 Å². The van der Waals surface area contributed by atoms with Crippen LogP contribution in [0.25, 0.3) is 10.2 Å².